The predicted octanol–water partition coefficient (Wildman–Crippen LogP) is 4.32. The van der Waals surface area contributed by atoms with Crippen molar-refractivity contribution in [3.63, 3.8) is 0 Å². The Kier molecular flexibility index (Phi) is 6.42. The van der Waals surface area contributed by atoms with Crippen molar-refractivity contribution in [2.45, 2.75) is 64.4 Å². The van der Waals surface area contributed by atoms with Gasteiger partial charge in [-0.1, -0.05) is 32.1 Å². The van der Waals surface area contributed by atoms with Gasteiger partial charge in [-0.15, -0.1) is 0 Å². The Labute approximate surface area is 169 Å². The van der Waals surface area contributed by atoms with Crippen molar-refractivity contribution < 1.29 is 13.9 Å². The highest BCUT2D eigenvalue weighted by Gasteiger charge is 2.43. The van der Waals surface area contributed by atoms with Crippen molar-refractivity contribution in [1.29, 1.82) is 0 Å². The standard InChI is InChI=1S/C23H36N2O3/c1-27-16-20-8-9-21(28-20)22(26)25-15-12-23(18-25)11-5-13-24(17-23)14-10-19-6-3-2-4-7-19/h8-9,19H,2-7,10-18H2,1H3/t23-/m0/s1. The van der Waals surface area contributed by atoms with Crippen LogP contribution in [0.4, 0.5) is 0 Å². The van der Waals surface area contributed by atoms with Crippen LogP contribution in [0, 0.1) is 11.3 Å². The monoisotopic (exact) mass is 388 g/mol. The highest BCUT2D eigenvalue weighted by Crippen LogP contribution is 2.40. The number of methoxy groups -OCH3 is 1. The van der Waals surface area contributed by atoms with Gasteiger partial charge in [-0.25, -0.2) is 0 Å². The lowest BCUT2D eigenvalue weighted by Crippen LogP contribution is -2.45. The lowest BCUT2D eigenvalue weighted by atomic mass is 9.79. The van der Waals surface area contributed by atoms with Gasteiger partial charge < -0.3 is 19.0 Å². The van der Waals surface area contributed by atoms with E-state index in [2.05, 4.69) is 4.90 Å². The van der Waals surface area contributed by atoms with Crippen LogP contribution in [-0.2, 0) is 11.3 Å². The van der Waals surface area contributed by atoms with E-state index in [1.54, 1.807) is 13.2 Å². The number of likely N-dealkylation sites (tertiary alicyclic amines) is 2. The predicted molar refractivity (Wildman–Crippen MR) is 109 cm³/mol. The molecule has 28 heavy (non-hydrogen) atoms. The Morgan fingerprint density at radius 1 is 1.14 bits per heavy atom. The third kappa shape index (κ3) is 4.62. The molecule has 1 aromatic heterocycles. The largest absolute Gasteiger partial charge is 0.453 e. The molecule has 1 atom stereocenters. The van der Waals surface area contributed by atoms with E-state index in [0.717, 1.165) is 32.0 Å². The zero-order valence-electron chi connectivity index (χ0n) is 17.5. The fraction of sp³-hybridized carbons (Fsp3) is 0.783. The lowest BCUT2D eigenvalue weighted by Gasteiger charge is -2.41. The quantitative estimate of drug-likeness (QED) is 0.728. The molecule has 1 aliphatic carbocycles. The van der Waals surface area contributed by atoms with Crippen molar-refractivity contribution in [3.05, 3.63) is 23.7 Å². The fourth-order valence-electron chi connectivity index (χ4n) is 5.65. The van der Waals surface area contributed by atoms with E-state index < -0.39 is 0 Å². The fourth-order valence-corrected chi connectivity index (χ4v) is 5.65. The average Bonchev–Trinajstić information content (AvgIpc) is 3.35. The summed E-state index contributed by atoms with van der Waals surface area (Å²) in [5.74, 6) is 2.16. The summed E-state index contributed by atoms with van der Waals surface area (Å²) in [6.07, 6.45) is 12.2. The van der Waals surface area contributed by atoms with E-state index in [4.69, 9.17) is 9.15 Å². The van der Waals surface area contributed by atoms with Gasteiger partial charge in [0.2, 0.25) is 0 Å². The SMILES string of the molecule is COCc1ccc(C(=O)N2CC[C@]3(CCCN(CCC4CCCCC4)C3)C2)o1. The Morgan fingerprint density at radius 3 is 2.82 bits per heavy atom. The van der Waals surface area contributed by atoms with Gasteiger partial charge in [0.1, 0.15) is 12.4 Å². The Hall–Kier alpha value is -1.33. The average molecular weight is 389 g/mol. The molecule has 1 saturated carbocycles. The number of rotatable bonds is 6. The van der Waals surface area contributed by atoms with Crippen LogP contribution >= 0.6 is 0 Å². The molecular formula is C23H36N2O3. The van der Waals surface area contributed by atoms with Crippen LogP contribution in [0.25, 0.3) is 0 Å². The van der Waals surface area contributed by atoms with Gasteiger partial charge in [-0.2, -0.15) is 0 Å². The minimum Gasteiger partial charge on any atom is -0.453 e. The van der Waals surface area contributed by atoms with E-state index in [1.165, 1.54) is 64.5 Å². The van der Waals surface area contributed by atoms with E-state index in [1.807, 2.05) is 11.0 Å². The summed E-state index contributed by atoms with van der Waals surface area (Å²) in [4.78, 5) is 17.6. The molecule has 1 aromatic rings. The first-order valence-electron chi connectivity index (χ1n) is 11.3. The summed E-state index contributed by atoms with van der Waals surface area (Å²) in [7, 11) is 1.64. The second-order valence-electron chi connectivity index (χ2n) is 9.35. The van der Waals surface area contributed by atoms with Crippen molar-refractivity contribution in [3.8, 4) is 0 Å². The maximum absolute atomic E-state index is 12.9. The molecule has 5 heteroatoms. The van der Waals surface area contributed by atoms with Crippen LogP contribution in [0.5, 0.6) is 0 Å². The third-order valence-electron chi connectivity index (χ3n) is 7.20. The molecule has 1 amide bonds. The maximum atomic E-state index is 12.9. The maximum Gasteiger partial charge on any atom is 0.289 e. The van der Waals surface area contributed by atoms with E-state index in [0.29, 0.717) is 23.5 Å². The van der Waals surface area contributed by atoms with Gasteiger partial charge in [0, 0.05) is 32.2 Å². The van der Waals surface area contributed by atoms with Gasteiger partial charge in [-0.05, 0) is 56.8 Å². The molecule has 156 valence electrons. The lowest BCUT2D eigenvalue weighted by molar-refractivity contribution is 0.0645. The first-order valence-corrected chi connectivity index (χ1v) is 11.3. The van der Waals surface area contributed by atoms with Crippen molar-refractivity contribution in [2.75, 3.05) is 39.8 Å². The number of ether oxygens (including phenoxy) is 1. The summed E-state index contributed by atoms with van der Waals surface area (Å²) in [6, 6.07) is 3.63. The molecule has 2 saturated heterocycles. The van der Waals surface area contributed by atoms with Crippen molar-refractivity contribution in [2.24, 2.45) is 11.3 Å². The number of hydrogen-bond donors (Lipinski definition) is 0. The molecule has 0 radical (unpaired) electrons. The van der Waals surface area contributed by atoms with Gasteiger partial charge in [0.25, 0.3) is 5.91 Å². The zero-order valence-corrected chi connectivity index (χ0v) is 17.5. The summed E-state index contributed by atoms with van der Waals surface area (Å²) >= 11 is 0. The second kappa shape index (κ2) is 9.00. The number of furan rings is 1. The van der Waals surface area contributed by atoms with Crippen molar-refractivity contribution in [1.82, 2.24) is 9.80 Å². The molecule has 3 heterocycles. The smallest absolute Gasteiger partial charge is 0.289 e. The second-order valence-corrected chi connectivity index (χ2v) is 9.35. The van der Waals surface area contributed by atoms with E-state index in [-0.39, 0.29) is 5.91 Å². The Balaban J connectivity index is 1.30. The molecule has 0 N–H and O–H groups in total. The van der Waals surface area contributed by atoms with Crippen molar-refractivity contribution >= 4 is 5.91 Å². The number of nitrogens with zero attached hydrogens (tertiary/aromatic N) is 2. The summed E-state index contributed by atoms with van der Waals surface area (Å²) < 4.78 is 10.8. The third-order valence-corrected chi connectivity index (χ3v) is 7.20. The van der Waals surface area contributed by atoms with Crippen LogP contribution in [0.1, 0.15) is 74.1 Å². The Bertz CT molecular complexity index is 652. The molecule has 0 unspecified atom stereocenters. The number of hydrogen-bond acceptors (Lipinski definition) is 4. The van der Waals surface area contributed by atoms with Crippen LogP contribution in [-0.4, -0.2) is 55.5 Å². The zero-order chi connectivity index (χ0) is 19.4. The molecule has 3 aliphatic rings. The molecule has 0 bridgehead atoms. The summed E-state index contributed by atoms with van der Waals surface area (Å²) in [6.45, 7) is 5.80. The van der Waals surface area contributed by atoms with Crippen LogP contribution < -0.4 is 0 Å². The molecule has 3 fully saturated rings. The minimum absolute atomic E-state index is 0.0403. The van der Waals surface area contributed by atoms with Crippen LogP contribution in [0.3, 0.4) is 0 Å². The number of amides is 1. The first kappa shape index (κ1) is 20.0. The first-order chi connectivity index (χ1) is 13.7. The van der Waals surface area contributed by atoms with Gasteiger partial charge in [-0.3, -0.25) is 4.79 Å². The number of piperidine rings is 1. The Morgan fingerprint density at radius 2 is 2.00 bits per heavy atom. The minimum atomic E-state index is 0.0403. The summed E-state index contributed by atoms with van der Waals surface area (Å²) in [5.41, 5.74) is 0.294. The normalized spacial score (nSPS) is 27.0. The molecular weight excluding hydrogens is 352 g/mol. The van der Waals surface area contributed by atoms with E-state index >= 15 is 0 Å². The summed E-state index contributed by atoms with van der Waals surface area (Å²) in [5, 5.41) is 0. The highest BCUT2D eigenvalue weighted by atomic mass is 16.5. The van der Waals surface area contributed by atoms with Gasteiger partial charge >= 0.3 is 0 Å². The van der Waals surface area contributed by atoms with Gasteiger partial charge in [0.05, 0.1) is 0 Å². The highest BCUT2D eigenvalue weighted by molar-refractivity contribution is 5.91. The number of carbonyl (C=O) groups is 1. The van der Waals surface area contributed by atoms with Crippen LogP contribution in [0.2, 0.25) is 0 Å². The topological polar surface area (TPSA) is 45.9 Å². The molecule has 2 aliphatic heterocycles. The molecule has 0 aromatic carbocycles. The number of carbonyl (C=O) groups excluding carboxylic acids is 1. The molecule has 1 spiro atoms. The molecule has 4 rings (SSSR count). The van der Waals surface area contributed by atoms with Crippen LogP contribution in [0.15, 0.2) is 16.5 Å². The van der Waals surface area contributed by atoms with E-state index in [9.17, 15) is 4.79 Å². The molecule has 5 nitrogen and oxygen atoms in total. The van der Waals surface area contributed by atoms with Gasteiger partial charge in [0.15, 0.2) is 5.76 Å².